The highest BCUT2D eigenvalue weighted by molar-refractivity contribution is 7.99. The van der Waals surface area contributed by atoms with Crippen molar-refractivity contribution in [2.24, 2.45) is 5.92 Å². The zero-order valence-electron chi connectivity index (χ0n) is 12.2. The predicted octanol–water partition coefficient (Wildman–Crippen LogP) is 3.16. The van der Waals surface area contributed by atoms with E-state index in [1.165, 1.54) is 31.0 Å². The Kier molecular flexibility index (Phi) is 5.46. The molecule has 2 rings (SSSR count). The lowest BCUT2D eigenvalue weighted by molar-refractivity contribution is -0.133. The zero-order valence-corrected chi connectivity index (χ0v) is 13.0. The third kappa shape index (κ3) is 3.53. The maximum Gasteiger partial charge on any atom is 0.313 e. The Hall–Kier alpha value is -1.04. The Morgan fingerprint density at radius 3 is 2.55 bits per heavy atom. The molecule has 0 aliphatic heterocycles. The van der Waals surface area contributed by atoms with Gasteiger partial charge in [-0.15, -0.1) is 10.2 Å². The topological polar surface area (TPSA) is 68.0 Å². The highest BCUT2D eigenvalue weighted by Crippen LogP contribution is 2.36. The van der Waals surface area contributed by atoms with E-state index in [-0.39, 0.29) is 5.75 Å². The van der Waals surface area contributed by atoms with E-state index in [9.17, 15) is 4.79 Å². The minimum atomic E-state index is -0.808. The van der Waals surface area contributed by atoms with Crippen molar-refractivity contribution in [2.45, 2.75) is 63.6 Å². The largest absolute Gasteiger partial charge is 0.481 e. The number of hydrogen-bond acceptors (Lipinski definition) is 4. The molecule has 0 bridgehead atoms. The molecule has 1 heterocycles. The number of carboxylic acid groups (broad SMARTS) is 1. The van der Waals surface area contributed by atoms with Crippen molar-refractivity contribution in [2.75, 3.05) is 5.75 Å². The standard InChI is InChI=1S/C14H23N3O2S/c1-3-10-5-7-11(8-6-10)17-12(4-2)15-16-14(17)20-9-13(18)19/h10-11H,3-9H2,1-2H3,(H,18,19). The molecule has 6 heteroatoms. The summed E-state index contributed by atoms with van der Waals surface area (Å²) >= 11 is 1.28. The number of aromatic nitrogens is 3. The molecule has 20 heavy (non-hydrogen) atoms. The fourth-order valence-corrected chi connectivity index (χ4v) is 3.70. The molecular weight excluding hydrogens is 274 g/mol. The monoisotopic (exact) mass is 297 g/mol. The van der Waals surface area contributed by atoms with Crippen LogP contribution < -0.4 is 0 Å². The molecule has 0 saturated heterocycles. The van der Waals surface area contributed by atoms with Gasteiger partial charge in [0.2, 0.25) is 0 Å². The Bertz CT molecular complexity index is 453. The van der Waals surface area contributed by atoms with Crippen molar-refractivity contribution in [3.05, 3.63) is 5.82 Å². The lowest BCUT2D eigenvalue weighted by Gasteiger charge is -2.30. The van der Waals surface area contributed by atoms with Crippen LogP contribution in [0.15, 0.2) is 5.16 Å². The third-order valence-corrected chi connectivity index (χ3v) is 5.06. The van der Waals surface area contributed by atoms with Crippen LogP contribution in [0.5, 0.6) is 0 Å². The molecule has 1 N–H and O–H groups in total. The van der Waals surface area contributed by atoms with E-state index in [1.807, 2.05) is 0 Å². The Balaban J connectivity index is 2.12. The molecule has 0 aromatic carbocycles. The fraction of sp³-hybridized carbons (Fsp3) is 0.786. The molecule has 5 nitrogen and oxygen atoms in total. The molecule has 0 radical (unpaired) electrons. The first-order valence-corrected chi connectivity index (χ1v) is 8.42. The molecule has 1 aliphatic carbocycles. The lowest BCUT2D eigenvalue weighted by Crippen LogP contribution is -2.20. The molecule has 0 amide bonds. The van der Waals surface area contributed by atoms with Gasteiger partial charge in [0, 0.05) is 12.5 Å². The summed E-state index contributed by atoms with van der Waals surface area (Å²) in [6.45, 7) is 4.33. The van der Waals surface area contributed by atoms with Gasteiger partial charge in [0.25, 0.3) is 0 Å². The number of aryl methyl sites for hydroxylation is 1. The van der Waals surface area contributed by atoms with Gasteiger partial charge in [-0.05, 0) is 31.6 Å². The van der Waals surface area contributed by atoms with E-state index in [1.54, 1.807) is 0 Å². The summed E-state index contributed by atoms with van der Waals surface area (Å²) < 4.78 is 2.19. The van der Waals surface area contributed by atoms with Crippen LogP contribution in [0.2, 0.25) is 0 Å². The van der Waals surface area contributed by atoms with E-state index in [0.717, 1.165) is 36.2 Å². The van der Waals surface area contributed by atoms with Gasteiger partial charge < -0.3 is 9.67 Å². The van der Waals surface area contributed by atoms with Gasteiger partial charge in [0.05, 0.1) is 5.75 Å². The van der Waals surface area contributed by atoms with E-state index in [0.29, 0.717) is 6.04 Å². The van der Waals surface area contributed by atoms with Gasteiger partial charge in [-0.2, -0.15) is 0 Å². The second-order valence-corrected chi connectivity index (χ2v) is 6.33. The molecule has 1 aromatic heterocycles. The number of carbonyl (C=O) groups is 1. The number of hydrogen-bond donors (Lipinski definition) is 1. The number of rotatable bonds is 6. The molecule has 0 unspecified atom stereocenters. The Morgan fingerprint density at radius 1 is 1.30 bits per heavy atom. The smallest absolute Gasteiger partial charge is 0.313 e. The van der Waals surface area contributed by atoms with Crippen LogP contribution >= 0.6 is 11.8 Å². The Morgan fingerprint density at radius 2 is 2.00 bits per heavy atom. The number of aliphatic carboxylic acids is 1. The van der Waals surface area contributed by atoms with Gasteiger partial charge in [-0.25, -0.2) is 0 Å². The number of thioether (sulfide) groups is 1. The summed E-state index contributed by atoms with van der Waals surface area (Å²) in [4.78, 5) is 10.7. The van der Waals surface area contributed by atoms with E-state index in [2.05, 4.69) is 28.6 Å². The van der Waals surface area contributed by atoms with Gasteiger partial charge >= 0.3 is 5.97 Å². The molecule has 0 atom stereocenters. The summed E-state index contributed by atoms with van der Waals surface area (Å²) in [6, 6.07) is 0.444. The van der Waals surface area contributed by atoms with Gasteiger partial charge in [-0.3, -0.25) is 4.79 Å². The molecule has 0 spiro atoms. The minimum absolute atomic E-state index is 0.0478. The molecular formula is C14H23N3O2S. The molecule has 1 saturated carbocycles. The number of carboxylic acids is 1. The maximum atomic E-state index is 10.7. The van der Waals surface area contributed by atoms with Gasteiger partial charge in [-0.1, -0.05) is 32.0 Å². The van der Waals surface area contributed by atoms with Gasteiger partial charge in [0.15, 0.2) is 5.16 Å². The van der Waals surface area contributed by atoms with Crippen LogP contribution in [-0.2, 0) is 11.2 Å². The molecule has 1 aromatic rings. The normalized spacial score (nSPS) is 22.9. The molecule has 1 fully saturated rings. The van der Waals surface area contributed by atoms with Crippen LogP contribution in [0.25, 0.3) is 0 Å². The van der Waals surface area contributed by atoms with E-state index in [4.69, 9.17) is 5.11 Å². The second kappa shape index (κ2) is 7.11. The third-order valence-electron chi connectivity index (χ3n) is 4.13. The first kappa shape index (κ1) is 15.4. The van der Waals surface area contributed by atoms with Crippen LogP contribution in [0.3, 0.4) is 0 Å². The van der Waals surface area contributed by atoms with Crippen LogP contribution in [-0.4, -0.2) is 31.6 Å². The van der Waals surface area contributed by atoms with E-state index >= 15 is 0 Å². The summed E-state index contributed by atoms with van der Waals surface area (Å²) in [5.41, 5.74) is 0. The highest BCUT2D eigenvalue weighted by atomic mass is 32.2. The first-order valence-electron chi connectivity index (χ1n) is 7.44. The molecule has 112 valence electrons. The Labute approximate surface area is 124 Å². The highest BCUT2D eigenvalue weighted by Gasteiger charge is 2.25. The van der Waals surface area contributed by atoms with Crippen molar-refractivity contribution < 1.29 is 9.90 Å². The lowest BCUT2D eigenvalue weighted by atomic mass is 9.84. The van der Waals surface area contributed by atoms with Gasteiger partial charge in [0.1, 0.15) is 5.82 Å². The fourth-order valence-electron chi connectivity index (χ4n) is 2.95. The van der Waals surface area contributed by atoms with E-state index < -0.39 is 5.97 Å². The zero-order chi connectivity index (χ0) is 14.5. The molecule has 1 aliphatic rings. The SMILES string of the molecule is CCc1nnc(SCC(=O)O)n1C1CCC(CC)CC1. The summed E-state index contributed by atoms with van der Waals surface area (Å²) in [5.74, 6) is 1.07. The first-order chi connectivity index (χ1) is 9.65. The summed E-state index contributed by atoms with van der Waals surface area (Å²) in [7, 11) is 0. The summed E-state index contributed by atoms with van der Waals surface area (Å²) in [5, 5.41) is 18.0. The predicted molar refractivity (Wildman–Crippen MR) is 79.0 cm³/mol. The van der Waals surface area contributed by atoms with Crippen LogP contribution in [0.1, 0.15) is 57.8 Å². The van der Waals surface area contributed by atoms with Crippen molar-refractivity contribution in [3.8, 4) is 0 Å². The van der Waals surface area contributed by atoms with Crippen LogP contribution in [0, 0.1) is 5.92 Å². The average molecular weight is 297 g/mol. The number of nitrogens with zero attached hydrogens (tertiary/aromatic N) is 3. The minimum Gasteiger partial charge on any atom is -0.481 e. The van der Waals surface area contributed by atoms with Crippen LogP contribution in [0.4, 0.5) is 0 Å². The second-order valence-electron chi connectivity index (χ2n) is 5.39. The maximum absolute atomic E-state index is 10.7. The average Bonchev–Trinajstić information content (AvgIpc) is 2.88. The van der Waals surface area contributed by atoms with Crippen molar-refractivity contribution in [1.29, 1.82) is 0 Å². The van der Waals surface area contributed by atoms with Crippen molar-refractivity contribution in [3.63, 3.8) is 0 Å². The quantitative estimate of drug-likeness (QED) is 0.817. The van der Waals surface area contributed by atoms with Crippen molar-refractivity contribution >= 4 is 17.7 Å². The van der Waals surface area contributed by atoms with Crippen molar-refractivity contribution in [1.82, 2.24) is 14.8 Å². The summed E-state index contributed by atoms with van der Waals surface area (Å²) in [6.07, 6.45) is 6.93.